The lowest BCUT2D eigenvalue weighted by Crippen LogP contribution is -2.30. The Balaban J connectivity index is 1.83. The van der Waals surface area contributed by atoms with Crippen LogP contribution in [-0.2, 0) is 16.6 Å². The van der Waals surface area contributed by atoms with Crippen molar-refractivity contribution in [1.29, 1.82) is 0 Å². The fraction of sp³-hybridized carbons (Fsp3) is 0.261. The van der Waals surface area contributed by atoms with Crippen LogP contribution in [0.1, 0.15) is 45.8 Å². The molecule has 0 aliphatic heterocycles. The maximum atomic E-state index is 13.2. The molecule has 1 atom stereocenters. The molecule has 158 valence electrons. The van der Waals surface area contributed by atoms with Gasteiger partial charge in [0.25, 0.3) is 5.91 Å². The molecule has 0 aliphatic rings. The van der Waals surface area contributed by atoms with E-state index in [-0.39, 0.29) is 16.8 Å². The number of aryl methyl sites for hydroxylation is 1. The van der Waals surface area contributed by atoms with Gasteiger partial charge in [0.1, 0.15) is 0 Å². The number of carbonyl (C=O) groups is 1. The van der Waals surface area contributed by atoms with E-state index in [2.05, 4.69) is 16.7 Å². The lowest BCUT2D eigenvalue weighted by molar-refractivity contribution is 0.0741. The van der Waals surface area contributed by atoms with Crippen molar-refractivity contribution < 1.29 is 13.2 Å². The number of benzene rings is 2. The minimum Gasteiger partial charge on any atom is -0.344 e. The molecule has 1 aromatic heterocycles. The van der Waals surface area contributed by atoms with Gasteiger partial charge in [0.2, 0.25) is 10.0 Å². The third-order valence-corrected chi connectivity index (χ3v) is 6.51. The van der Waals surface area contributed by atoms with Crippen LogP contribution in [0.15, 0.2) is 65.6 Å². The maximum Gasteiger partial charge on any atom is 0.255 e. The first-order valence-corrected chi connectivity index (χ1v) is 11.2. The first-order valence-electron chi connectivity index (χ1n) is 9.70. The number of primary sulfonamides is 1. The minimum atomic E-state index is -3.74. The van der Waals surface area contributed by atoms with Gasteiger partial charge in [0.05, 0.1) is 16.5 Å². The number of aromatic nitrogens is 1. The topological polar surface area (TPSA) is 85.4 Å². The Kier molecular flexibility index (Phi) is 6.14. The normalized spacial score (nSPS) is 12.6. The molecular formula is C23H27N3O3S. The van der Waals surface area contributed by atoms with E-state index in [1.165, 1.54) is 17.7 Å². The Labute approximate surface area is 178 Å². The number of hydrogen-bond donors (Lipinski definition) is 1. The Morgan fingerprint density at radius 2 is 1.67 bits per heavy atom. The Morgan fingerprint density at radius 1 is 1.07 bits per heavy atom. The first kappa shape index (κ1) is 21.8. The van der Waals surface area contributed by atoms with Crippen LogP contribution >= 0.6 is 0 Å². The zero-order valence-corrected chi connectivity index (χ0v) is 18.5. The van der Waals surface area contributed by atoms with Gasteiger partial charge in [-0.2, -0.15) is 0 Å². The van der Waals surface area contributed by atoms with Crippen LogP contribution in [0, 0.1) is 13.8 Å². The number of amides is 1. The summed E-state index contributed by atoms with van der Waals surface area (Å²) in [4.78, 5) is 14.9. The number of hydrogen-bond acceptors (Lipinski definition) is 3. The second-order valence-corrected chi connectivity index (χ2v) is 9.12. The van der Waals surface area contributed by atoms with E-state index in [1.54, 1.807) is 24.1 Å². The minimum absolute atomic E-state index is 0.0527. The Bertz CT molecular complexity index is 1150. The summed E-state index contributed by atoms with van der Waals surface area (Å²) in [6.07, 6.45) is 0. The molecular weight excluding hydrogens is 398 g/mol. The molecule has 0 fully saturated rings. The van der Waals surface area contributed by atoms with Gasteiger partial charge in [-0.15, -0.1) is 0 Å². The zero-order valence-electron chi connectivity index (χ0n) is 17.7. The van der Waals surface area contributed by atoms with E-state index in [0.29, 0.717) is 12.1 Å². The molecule has 0 aliphatic carbocycles. The first-order chi connectivity index (χ1) is 14.1. The molecule has 0 saturated carbocycles. The van der Waals surface area contributed by atoms with Crippen molar-refractivity contribution in [3.8, 4) is 0 Å². The summed E-state index contributed by atoms with van der Waals surface area (Å²) in [5, 5.41) is 5.16. The molecule has 3 aromatic rings. The molecule has 6 nitrogen and oxygen atoms in total. The lowest BCUT2D eigenvalue weighted by atomic mass is 10.1. The van der Waals surface area contributed by atoms with Crippen molar-refractivity contribution in [3.05, 3.63) is 88.7 Å². The monoisotopic (exact) mass is 425 g/mol. The summed E-state index contributed by atoms with van der Waals surface area (Å²) >= 11 is 0. The van der Waals surface area contributed by atoms with Crippen molar-refractivity contribution in [3.63, 3.8) is 0 Å². The van der Waals surface area contributed by atoms with Gasteiger partial charge >= 0.3 is 0 Å². The fourth-order valence-corrected chi connectivity index (χ4v) is 4.07. The predicted octanol–water partition coefficient (Wildman–Crippen LogP) is 3.63. The standard InChI is InChI=1S/C23H27N3O3S/c1-16-14-22(18(3)26(16)15-19-8-6-5-7-9-19)23(27)25(4)17(2)20-10-12-21(13-11-20)30(24,28)29/h5-14,17H,15H2,1-4H3,(H2,24,28,29). The molecule has 0 radical (unpaired) electrons. The Hall–Kier alpha value is -2.90. The summed E-state index contributed by atoms with van der Waals surface area (Å²) in [6.45, 7) is 6.58. The summed E-state index contributed by atoms with van der Waals surface area (Å²) < 4.78 is 25.1. The van der Waals surface area contributed by atoms with E-state index in [0.717, 1.165) is 17.0 Å². The Morgan fingerprint density at radius 3 is 2.23 bits per heavy atom. The third kappa shape index (κ3) is 4.47. The number of rotatable bonds is 6. The highest BCUT2D eigenvalue weighted by molar-refractivity contribution is 7.89. The molecule has 7 heteroatoms. The van der Waals surface area contributed by atoms with Gasteiger partial charge in [0, 0.05) is 25.0 Å². The van der Waals surface area contributed by atoms with Crippen LogP contribution < -0.4 is 5.14 Å². The number of carbonyl (C=O) groups excluding carboxylic acids is 1. The largest absolute Gasteiger partial charge is 0.344 e. The summed E-state index contributed by atoms with van der Waals surface area (Å²) in [5.41, 5.74) is 4.62. The van der Waals surface area contributed by atoms with Gasteiger partial charge in [-0.1, -0.05) is 42.5 Å². The van der Waals surface area contributed by atoms with Crippen LogP contribution in [0.3, 0.4) is 0 Å². The zero-order chi connectivity index (χ0) is 22.1. The molecule has 0 bridgehead atoms. The molecule has 0 saturated heterocycles. The van der Waals surface area contributed by atoms with Gasteiger partial charge in [-0.3, -0.25) is 4.79 Å². The number of nitrogens with zero attached hydrogens (tertiary/aromatic N) is 2. The van der Waals surface area contributed by atoms with Gasteiger partial charge < -0.3 is 9.47 Å². The molecule has 1 amide bonds. The van der Waals surface area contributed by atoms with Crippen LogP contribution in [-0.4, -0.2) is 30.8 Å². The summed E-state index contributed by atoms with van der Waals surface area (Å²) in [5.74, 6) is -0.0783. The van der Waals surface area contributed by atoms with E-state index in [4.69, 9.17) is 5.14 Å². The van der Waals surface area contributed by atoms with E-state index >= 15 is 0 Å². The average Bonchev–Trinajstić information content (AvgIpc) is 3.00. The van der Waals surface area contributed by atoms with E-state index in [1.807, 2.05) is 45.0 Å². The molecule has 1 unspecified atom stereocenters. The number of sulfonamides is 1. The average molecular weight is 426 g/mol. The molecule has 3 rings (SSSR count). The smallest absolute Gasteiger partial charge is 0.255 e. The van der Waals surface area contributed by atoms with Crippen molar-refractivity contribution >= 4 is 15.9 Å². The molecule has 2 aromatic carbocycles. The molecule has 1 heterocycles. The van der Waals surface area contributed by atoms with Gasteiger partial charge in [0.15, 0.2) is 0 Å². The third-order valence-electron chi connectivity index (χ3n) is 5.58. The second-order valence-electron chi connectivity index (χ2n) is 7.56. The SMILES string of the molecule is Cc1cc(C(=O)N(C)C(C)c2ccc(S(N)(=O)=O)cc2)c(C)n1Cc1ccccc1. The highest BCUT2D eigenvalue weighted by Gasteiger charge is 2.23. The van der Waals surface area contributed by atoms with Crippen molar-refractivity contribution in [2.24, 2.45) is 5.14 Å². The predicted molar refractivity (Wildman–Crippen MR) is 118 cm³/mol. The second kappa shape index (κ2) is 8.45. The van der Waals surface area contributed by atoms with Gasteiger partial charge in [-0.25, -0.2) is 13.6 Å². The summed E-state index contributed by atoms with van der Waals surface area (Å²) in [7, 11) is -1.99. The highest BCUT2D eigenvalue weighted by atomic mass is 32.2. The van der Waals surface area contributed by atoms with Crippen molar-refractivity contribution in [1.82, 2.24) is 9.47 Å². The quantitative estimate of drug-likeness (QED) is 0.654. The lowest BCUT2D eigenvalue weighted by Gasteiger charge is -2.25. The van der Waals surface area contributed by atoms with Crippen molar-refractivity contribution in [2.75, 3.05) is 7.05 Å². The van der Waals surface area contributed by atoms with E-state index < -0.39 is 10.0 Å². The van der Waals surface area contributed by atoms with Gasteiger partial charge in [-0.05, 0) is 50.1 Å². The summed E-state index contributed by atoms with van der Waals surface area (Å²) in [6, 6.07) is 18.1. The molecule has 30 heavy (non-hydrogen) atoms. The molecule has 0 spiro atoms. The van der Waals surface area contributed by atoms with Crippen molar-refractivity contribution in [2.45, 2.75) is 38.3 Å². The van der Waals surface area contributed by atoms with Crippen LogP contribution in [0.25, 0.3) is 0 Å². The van der Waals surface area contributed by atoms with Crippen LogP contribution in [0.2, 0.25) is 0 Å². The fourth-order valence-electron chi connectivity index (χ4n) is 3.55. The molecule has 2 N–H and O–H groups in total. The maximum absolute atomic E-state index is 13.2. The van der Waals surface area contributed by atoms with E-state index in [9.17, 15) is 13.2 Å². The van der Waals surface area contributed by atoms with Crippen LogP contribution in [0.5, 0.6) is 0 Å². The van der Waals surface area contributed by atoms with Crippen LogP contribution in [0.4, 0.5) is 0 Å². The number of nitrogens with two attached hydrogens (primary N) is 1. The highest BCUT2D eigenvalue weighted by Crippen LogP contribution is 2.25.